The lowest BCUT2D eigenvalue weighted by molar-refractivity contribution is -0.134. The van der Waals surface area contributed by atoms with Gasteiger partial charge in [0.1, 0.15) is 6.10 Å². The Hall–Kier alpha value is -2.08. The molecule has 0 heterocycles. The van der Waals surface area contributed by atoms with Crippen LogP contribution >= 0.6 is 0 Å². The van der Waals surface area contributed by atoms with Crippen LogP contribution < -0.4 is 5.32 Å². The van der Waals surface area contributed by atoms with Crippen molar-refractivity contribution in [2.75, 3.05) is 13.2 Å². The average Bonchev–Trinajstić information content (AvgIpc) is 3.15. The van der Waals surface area contributed by atoms with Crippen LogP contribution in [0, 0.1) is 11.8 Å². The Kier molecular flexibility index (Phi) is 9.11. The maximum Gasteiger partial charge on any atom is 0.249 e. The first-order valence-electron chi connectivity index (χ1n) is 9.76. The minimum Gasteiger partial charge on any atom is -0.383 e. The van der Waals surface area contributed by atoms with Gasteiger partial charge in [0.2, 0.25) is 5.91 Å². The zero-order valence-electron chi connectivity index (χ0n) is 16.0. The average molecular weight is 374 g/mol. The highest BCUT2D eigenvalue weighted by Gasteiger charge is 2.36. The maximum absolute atomic E-state index is 12.5. The van der Waals surface area contributed by atoms with Gasteiger partial charge in [-0.1, -0.05) is 55.2 Å². The van der Waals surface area contributed by atoms with Crippen LogP contribution in [0.3, 0.4) is 0 Å². The third-order valence-corrected chi connectivity index (χ3v) is 5.19. The van der Waals surface area contributed by atoms with Crippen LogP contribution in [0.2, 0.25) is 0 Å². The molecule has 1 aliphatic carbocycles. The molecule has 1 saturated carbocycles. The Bertz CT molecular complexity index is 619. The van der Waals surface area contributed by atoms with E-state index in [1.807, 2.05) is 30.3 Å². The van der Waals surface area contributed by atoms with Gasteiger partial charge in [0.05, 0.1) is 19.3 Å². The van der Waals surface area contributed by atoms with Crippen LogP contribution in [0.5, 0.6) is 0 Å². The van der Waals surface area contributed by atoms with Gasteiger partial charge >= 0.3 is 0 Å². The molecule has 0 spiro atoms. The van der Waals surface area contributed by atoms with E-state index >= 15 is 0 Å². The van der Waals surface area contributed by atoms with Crippen molar-refractivity contribution in [3.05, 3.63) is 46.3 Å². The second-order valence-electron chi connectivity index (χ2n) is 7.21. The maximum atomic E-state index is 12.5. The van der Waals surface area contributed by atoms with Gasteiger partial charge in [-0.2, -0.15) is 0 Å². The summed E-state index contributed by atoms with van der Waals surface area (Å²) in [7, 11) is 0. The van der Waals surface area contributed by atoms with Gasteiger partial charge < -0.3 is 15.2 Å². The quantitative estimate of drug-likeness (QED) is 0.351. The third kappa shape index (κ3) is 6.86. The summed E-state index contributed by atoms with van der Waals surface area (Å²) in [6.45, 7) is 3.30. The van der Waals surface area contributed by atoms with Crippen LogP contribution in [0.1, 0.15) is 44.6 Å². The predicted molar refractivity (Wildman–Crippen MR) is 104 cm³/mol. The number of ether oxygens (including phenoxy) is 1. The molecule has 0 saturated heterocycles. The van der Waals surface area contributed by atoms with E-state index in [1.165, 1.54) is 0 Å². The van der Waals surface area contributed by atoms with Crippen LogP contribution in [-0.4, -0.2) is 36.3 Å². The molecule has 0 radical (unpaired) electrons. The van der Waals surface area contributed by atoms with Crippen molar-refractivity contribution in [2.45, 2.75) is 57.8 Å². The number of nitrogens with one attached hydrogen (secondary N) is 1. The molecule has 0 aromatic heterocycles. The smallest absolute Gasteiger partial charge is 0.249 e. The molecular weight excluding hydrogens is 344 g/mol. The fourth-order valence-electron chi connectivity index (χ4n) is 3.77. The number of hydrogen-bond acceptors (Lipinski definition) is 4. The van der Waals surface area contributed by atoms with Gasteiger partial charge in [-0.15, -0.1) is 0 Å². The Balaban J connectivity index is 1.84. The summed E-state index contributed by atoms with van der Waals surface area (Å²) >= 11 is 0. The van der Waals surface area contributed by atoms with Crippen LogP contribution in [0.15, 0.2) is 35.4 Å². The number of azide groups is 1. The van der Waals surface area contributed by atoms with E-state index in [0.29, 0.717) is 19.8 Å². The predicted octanol–water partition coefficient (Wildman–Crippen LogP) is 3.58. The lowest BCUT2D eigenvalue weighted by Gasteiger charge is -2.26. The molecule has 2 N–H and O–H groups in total. The van der Waals surface area contributed by atoms with E-state index in [1.54, 1.807) is 0 Å². The van der Waals surface area contributed by atoms with E-state index in [-0.39, 0.29) is 23.8 Å². The molecule has 27 heavy (non-hydrogen) atoms. The minimum atomic E-state index is -1.07. The van der Waals surface area contributed by atoms with Gasteiger partial charge in [0, 0.05) is 11.5 Å². The summed E-state index contributed by atoms with van der Waals surface area (Å²) in [6.07, 6.45) is 3.24. The van der Waals surface area contributed by atoms with Crippen LogP contribution in [-0.2, 0) is 16.1 Å². The number of carbonyl (C=O) groups is 1. The SMILES string of the molecule is CCC[C@@H](COCc1ccccc1)NC(=O)C(O)[C@H]1CCC[C@H]1CN=[N+]=[N-]. The van der Waals surface area contributed by atoms with Crippen molar-refractivity contribution < 1.29 is 14.6 Å². The molecule has 1 aliphatic rings. The molecule has 7 heteroatoms. The number of benzene rings is 1. The third-order valence-electron chi connectivity index (χ3n) is 5.19. The van der Waals surface area contributed by atoms with Crippen LogP contribution in [0.25, 0.3) is 10.4 Å². The van der Waals surface area contributed by atoms with Gasteiger partial charge in [-0.25, -0.2) is 0 Å². The standard InChI is InChI=1S/C20H30N4O3/c1-2-7-17(14-27-13-15-8-4-3-5-9-15)23-20(26)19(25)18-11-6-10-16(18)12-22-24-21/h3-5,8-9,16-19,25H,2,6-7,10-14H2,1H3,(H,23,26)/t16-,17-,18-,19?/m0/s1. The second kappa shape index (κ2) is 11.6. The fourth-order valence-corrected chi connectivity index (χ4v) is 3.77. The largest absolute Gasteiger partial charge is 0.383 e. The first-order chi connectivity index (χ1) is 13.2. The first-order valence-corrected chi connectivity index (χ1v) is 9.76. The number of hydrogen-bond donors (Lipinski definition) is 2. The van der Waals surface area contributed by atoms with Crippen LogP contribution in [0.4, 0.5) is 0 Å². The van der Waals surface area contributed by atoms with Gasteiger partial charge in [0.15, 0.2) is 0 Å². The second-order valence-corrected chi connectivity index (χ2v) is 7.21. The molecule has 0 bridgehead atoms. The molecule has 1 amide bonds. The topological polar surface area (TPSA) is 107 Å². The number of carbonyl (C=O) groups excluding carboxylic acids is 1. The van der Waals surface area contributed by atoms with E-state index in [4.69, 9.17) is 10.3 Å². The molecule has 1 fully saturated rings. The molecule has 7 nitrogen and oxygen atoms in total. The van der Waals surface area contributed by atoms with Gasteiger partial charge in [-0.3, -0.25) is 4.79 Å². The number of aliphatic hydroxyl groups is 1. The van der Waals surface area contributed by atoms with E-state index in [2.05, 4.69) is 22.3 Å². The lowest BCUT2D eigenvalue weighted by Crippen LogP contribution is -2.47. The van der Waals surface area contributed by atoms with Crippen molar-refractivity contribution in [3.63, 3.8) is 0 Å². The van der Waals surface area contributed by atoms with Crippen molar-refractivity contribution >= 4 is 5.91 Å². The highest BCUT2D eigenvalue weighted by molar-refractivity contribution is 5.81. The summed E-state index contributed by atoms with van der Waals surface area (Å²) in [5.41, 5.74) is 9.59. The summed E-state index contributed by atoms with van der Waals surface area (Å²) in [5, 5.41) is 17.1. The molecule has 1 aromatic rings. The number of nitrogens with zero attached hydrogens (tertiary/aromatic N) is 3. The van der Waals surface area contributed by atoms with Crippen molar-refractivity contribution in [3.8, 4) is 0 Å². The Morgan fingerprint density at radius 3 is 2.89 bits per heavy atom. The highest BCUT2D eigenvalue weighted by atomic mass is 16.5. The number of rotatable bonds is 11. The monoisotopic (exact) mass is 374 g/mol. The highest BCUT2D eigenvalue weighted by Crippen LogP contribution is 2.34. The number of amides is 1. The summed E-state index contributed by atoms with van der Waals surface area (Å²) in [6, 6.07) is 9.77. The zero-order valence-corrected chi connectivity index (χ0v) is 16.0. The molecule has 4 atom stereocenters. The molecule has 148 valence electrons. The Morgan fingerprint density at radius 2 is 2.19 bits per heavy atom. The van der Waals surface area contributed by atoms with E-state index in [0.717, 1.165) is 37.7 Å². The molecule has 1 unspecified atom stereocenters. The van der Waals surface area contributed by atoms with Crippen molar-refractivity contribution in [1.82, 2.24) is 5.32 Å². The zero-order chi connectivity index (χ0) is 19.5. The Labute approximate surface area is 160 Å². The van der Waals surface area contributed by atoms with Gasteiger partial charge in [0.25, 0.3) is 0 Å². The molecule has 1 aromatic carbocycles. The summed E-state index contributed by atoms with van der Waals surface area (Å²) < 4.78 is 5.76. The normalized spacial score (nSPS) is 21.3. The van der Waals surface area contributed by atoms with E-state index in [9.17, 15) is 9.90 Å². The molecule has 0 aliphatic heterocycles. The van der Waals surface area contributed by atoms with Crippen molar-refractivity contribution in [1.29, 1.82) is 0 Å². The number of aliphatic hydroxyl groups excluding tert-OH is 1. The Morgan fingerprint density at radius 1 is 1.41 bits per heavy atom. The summed E-state index contributed by atoms with van der Waals surface area (Å²) in [5.74, 6) is -0.432. The lowest BCUT2D eigenvalue weighted by atomic mass is 9.90. The first kappa shape index (κ1) is 21.2. The summed E-state index contributed by atoms with van der Waals surface area (Å²) in [4.78, 5) is 15.3. The minimum absolute atomic E-state index is 0.0700. The van der Waals surface area contributed by atoms with Gasteiger partial charge in [-0.05, 0) is 42.2 Å². The molecular formula is C20H30N4O3. The van der Waals surface area contributed by atoms with E-state index < -0.39 is 6.10 Å². The van der Waals surface area contributed by atoms with Crippen molar-refractivity contribution in [2.24, 2.45) is 17.0 Å². The molecule has 2 rings (SSSR count). The fraction of sp³-hybridized carbons (Fsp3) is 0.650.